The van der Waals surface area contributed by atoms with Crippen LogP contribution in [0.15, 0.2) is 67.3 Å². The molecule has 1 aromatic heterocycles. The molecule has 130 valence electrons. The molecule has 0 aliphatic heterocycles. The van der Waals surface area contributed by atoms with Gasteiger partial charge in [-0.3, -0.25) is 0 Å². The van der Waals surface area contributed by atoms with Crippen LogP contribution in [0.5, 0.6) is 5.75 Å². The van der Waals surface area contributed by atoms with Crippen molar-refractivity contribution < 1.29 is 14.6 Å². The molecule has 0 saturated carbocycles. The molecule has 0 saturated heterocycles. The Morgan fingerprint density at radius 3 is 2.69 bits per heavy atom. The SMILES string of the molecule is C=CCOc1cccc(/C=C/c2nc(-c3ccccc3)c(C(=O)O)s2)c1. The number of carboxylic acids is 1. The fourth-order valence-corrected chi connectivity index (χ4v) is 3.20. The predicted octanol–water partition coefficient (Wildman–Crippen LogP) is 5.24. The van der Waals surface area contributed by atoms with Gasteiger partial charge < -0.3 is 9.84 Å². The molecular weight excluding hydrogens is 346 g/mol. The summed E-state index contributed by atoms with van der Waals surface area (Å²) >= 11 is 1.16. The van der Waals surface area contributed by atoms with Crippen molar-refractivity contribution in [3.63, 3.8) is 0 Å². The van der Waals surface area contributed by atoms with E-state index in [0.29, 0.717) is 17.3 Å². The summed E-state index contributed by atoms with van der Waals surface area (Å²) in [5.74, 6) is -0.219. The zero-order valence-electron chi connectivity index (χ0n) is 14.0. The number of hydrogen-bond acceptors (Lipinski definition) is 4. The Morgan fingerprint density at radius 2 is 1.96 bits per heavy atom. The fraction of sp³-hybridized carbons (Fsp3) is 0.0476. The molecule has 0 bridgehead atoms. The van der Waals surface area contributed by atoms with Crippen molar-refractivity contribution in [3.8, 4) is 17.0 Å². The number of carbonyl (C=O) groups is 1. The number of hydrogen-bond donors (Lipinski definition) is 1. The second kappa shape index (κ2) is 8.27. The number of rotatable bonds is 7. The van der Waals surface area contributed by atoms with Gasteiger partial charge in [-0.1, -0.05) is 61.2 Å². The van der Waals surface area contributed by atoms with E-state index in [1.165, 1.54) is 0 Å². The summed E-state index contributed by atoms with van der Waals surface area (Å²) in [6, 6.07) is 17.0. The number of carboxylic acid groups (broad SMARTS) is 1. The summed E-state index contributed by atoms with van der Waals surface area (Å²) in [5.41, 5.74) is 2.23. The van der Waals surface area contributed by atoms with E-state index in [2.05, 4.69) is 11.6 Å². The highest BCUT2D eigenvalue weighted by Gasteiger charge is 2.17. The van der Waals surface area contributed by atoms with Crippen molar-refractivity contribution in [2.24, 2.45) is 0 Å². The maximum absolute atomic E-state index is 11.5. The summed E-state index contributed by atoms with van der Waals surface area (Å²) in [4.78, 5) is 16.3. The van der Waals surface area contributed by atoms with Crippen LogP contribution in [-0.2, 0) is 0 Å². The summed E-state index contributed by atoms with van der Waals surface area (Å²) in [5, 5.41) is 10.1. The third-order valence-electron chi connectivity index (χ3n) is 3.53. The first-order valence-corrected chi connectivity index (χ1v) is 8.80. The van der Waals surface area contributed by atoms with Crippen LogP contribution in [0, 0.1) is 0 Å². The van der Waals surface area contributed by atoms with Crippen molar-refractivity contribution >= 4 is 29.5 Å². The highest BCUT2D eigenvalue weighted by molar-refractivity contribution is 7.15. The molecule has 0 aliphatic carbocycles. The second-order valence-corrected chi connectivity index (χ2v) is 6.44. The van der Waals surface area contributed by atoms with Gasteiger partial charge in [-0.2, -0.15) is 0 Å². The van der Waals surface area contributed by atoms with Crippen LogP contribution in [0.3, 0.4) is 0 Å². The molecule has 2 aromatic carbocycles. The average molecular weight is 363 g/mol. The summed E-state index contributed by atoms with van der Waals surface area (Å²) in [7, 11) is 0. The monoisotopic (exact) mass is 363 g/mol. The molecule has 0 aliphatic rings. The van der Waals surface area contributed by atoms with E-state index in [0.717, 1.165) is 28.2 Å². The molecule has 1 N–H and O–H groups in total. The quantitative estimate of drug-likeness (QED) is 0.583. The van der Waals surface area contributed by atoms with E-state index in [-0.39, 0.29) is 4.88 Å². The van der Waals surface area contributed by atoms with E-state index in [4.69, 9.17) is 4.74 Å². The standard InChI is InChI=1S/C21H17NO3S/c1-2-13-25-17-10-6-7-15(14-17)11-12-18-22-19(20(26-18)21(23)24)16-8-4-3-5-9-16/h2-12,14H,1,13H2,(H,23,24)/b12-11+. The van der Waals surface area contributed by atoms with Crippen LogP contribution in [0.2, 0.25) is 0 Å². The third-order valence-corrected chi connectivity index (χ3v) is 4.54. The first kappa shape index (κ1) is 17.6. The number of aromatic nitrogens is 1. The fourth-order valence-electron chi connectivity index (χ4n) is 2.38. The summed E-state index contributed by atoms with van der Waals surface area (Å²) < 4.78 is 5.52. The maximum atomic E-state index is 11.5. The van der Waals surface area contributed by atoms with Gasteiger partial charge in [0.1, 0.15) is 22.2 Å². The lowest BCUT2D eigenvalue weighted by Crippen LogP contribution is -1.95. The van der Waals surface area contributed by atoms with Crippen molar-refractivity contribution in [2.45, 2.75) is 0 Å². The van der Waals surface area contributed by atoms with Crippen molar-refractivity contribution in [2.75, 3.05) is 6.61 Å². The lowest BCUT2D eigenvalue weighted by molar-refractivity contribution is 0.0702. The maximum Gasteiger partial charge on any atom is 0.348 e. The summed E-state index contributed by atoms with van der Waals surface area (Å²) in [6.07, 6.45) is 5.40. The minimum atomic E-state index is -0.971. The molecule has 3 rings (SSSR count). The Kier molecular flexibility index (Phi) is 5.61. The minimum Gasteiger partial charge on any atom is -0.490 e. The Morgan fingerprint density at radius 1 is 1.15 bits per heavy atom. The summed E-state index contributed by atoms with van der Waals surface area (Å²) in [6.45, 7) is 4.08. The van der Waals surface area contributed by atoms with Gasteiger partial charge in [-0.15, -0.1) is 11.3 Å². The molecule has 5 heteroatoms. The molecule has 0 radical (unpaired) electrons. The van der Waals surface area contributed by atoms with Crippen molar-refractivity contribution in [3.05, 3.63) is 82.7 Å². The van der Waals surface area contributed by atoms with Gasteiger partial charge in [0.25, 0.3) is 0 Å². The van der Waals surface area contributed by atoms with Crippen molar-refractivity contribution in [1.29, 1.82) is 0 Å². The Labute approximate surface area is 155 Å². The van der Waals surface area contributed by atoms with Gasteiger partial charge in [0, 0.05) is 5.56 Å². The first-order valence-electron chi connectivity index (χ1n) is 7.99. The van der Waals surface area contributed by atoms with Gasteiger partial charge in [-0.05, 0) is 23.8 Å². The molecular formula is C21H17NO3S. The zero-order chi connectivity index (χ0) is 18.4. The van der Waals surface area contributed by atoms with E-state index >= 15 is 0 Å². The highest BCUT2D eigenvalue weighted by Crippen LogP contribution is 2.29. The van der Waals surface area contributed by atoms with Crippen molar-refractivity contribution in [1.82, 2.24) is 4.98 Å². The van der Waals surface area contributed by atoms with Crippen LogP contribution in [0.1, 0.15) is 20.2 Å². The molecule has 3 aromatic rings. The van der Waals surface area contributed by atoms with Crippen LogP contribution in [0.25, 0.3) is 23.4 Å². The molecule has 0 amide bonds. The normalized spacial score (nSPS) is 10.8. The molecule has 0 atom stereocenters. The van der Waals surface area contributed by atoms with E-state index < -0.39 is 5.97 Å². The first-order chi connectivity index (χ1) is 12.7. The number of ether oxygens (including phenoxy) is 1. The molecule has 26 heavy (non-hydrogen) atoms. The van der Waals surface area contributed by atoms with Crippen LogP contribution in [-0.4, -0.2) is 22.7 Å². The Bertz CT molecular complexity index is 945. The van der Waals surface area contributed by atoms with Gasteiger partial charge in [0.05, 0.1) is 5.69 Å². The molecule has 0 spiro atoms. The second-order valence-electron chi connectivity index (χ2n) is 5.41. The molecule has 1 heterocycles. The molecule has 0 fully saturated rings. The molecule has 0 unspecified atom stereocenters. The van der Waals surface area contributed by atoms with E-state index in [9.17, 15) is 9.90 Å². The number of nitrogens with zero attached hydrogens (tertiary/aromatic N) is 1. The van der Waals surface area contributed by atoms with Gasteiger partial charge in [0.15, 0.2) is 0 Å². The van der Waals surface area contributed by atoms with Crippen LogP contribution in [0.4, 0.5) is 0 Å². The highest BCUT2D eigenvalue weighted by atomic mass is 32.1. The number of thiazole rings is 1. The number of aromatic carboxylic acids is 1. The largest absolute Gasteiger partial charge is 0.490 e. The smallest absolute Gasteiger partial charge is 0.348 e. The Balaban J connectivity index is 1.87. The van der Waals surface area contributed by atoms with Crippen LogP contribution >= 0.6 is 11.3 Å². The van der Waals surface area contributed by atoms with E-state index in [1.54, 1.807) is 6.08 Å². The van der Waals surface area contributed by atoms with Gasteiger partial charge in [-0.25, -0.2) is 9.78 Å². The predicted molar refractivity (Wildman–Crippen MR) is 106 cm³/mol. The number of benzene rings is 2. The van der Waals surface area contributed by atoms with Gasteiger partial charge >= 0.3 is 5.97 Å². The van der Waals surface area contributed by atoms with E-state index in [1.807, 2.05) is 66.7 Å². The lowest BCUT2D eigenvalue weighted by Gasteiger charge is -2.03. The lowest BCUT2D eigenvalue weighted by atomic mass is 10.1. The zero-order valence-corrected chi connectivity index (χ0v) is 14.8. The third kappa shape index (κ3) is 4.26. The topological polar surface area (TPSA) is 59.4 Å². The minimum absolute atomic E-state index is 0.235. The molecule has 4 nitrogen and oxygen atoms in total. The van der Waals surface area contributed by atoms with Crippen LogP contribution < -0.4 is 4.74 Å². The average Bonchev–Trinajstić information content (AvgIpc) is 3.10. The van der Waals surface area contributed by atoms with Gasteiger partial charge in [0.2, 0.25) is 0 Å². The Hall–Kier alpha value is -3.18.